The fourth-order valence-electron chi connectivity index (χ4n) is 6.14. The Hall–Kier alpha value is -1.29. The molecule has 0 heterocycles. The lowest BCUT2D eigenvalue weighted by Gasteiger charge is -2.49. The van der Waals surface area contributed by atoms with Gasteiger partial charge in [-0.05, 0) is 84.8 Å². The molecule has 21 heavy (non-hydrogen) atoms. The minimum Gasteiger partial charge on any atom is -0.192 e. The van der Waals surface area contributed by atoms with Gasteiger partial charge in [0, 0.05) is 0 Å². The number of nitrogens with zero attached hydrogens (tertiary/aromatic N) is 1. The fraction of sp³-hybridized carbons (Fsp3) is 0.650. The number of fused-ring (bicyclic) bond motifs is 5. The molecule has 0 N–H and O–H groups in total. The van der Waals surface area contributed by atoms with Crippen LogP contribution in [0.4, 0.5) is 0 Å². The highest BCUT2D eigenvalue weighted by atomic mass is 14.6. The van der Waals surface area contributed by atoms with E-state index in [1.807, 2.05) is 6.07 Å². The van der Waals surface area contributed by atoms with Crippen molar-refractivity contribution in [3.05, 3.63) is 34.9 Å². The number of hydrogen-bond donors (Lipinski definition) is 0. The normalized spacial score (nSPS) is 40.8. The van der Waals surface area contributed by atoms with Crippen molar-refractivity contribution in [2.45, 2.75) is 58.3 Å². The van der Waals surface area contributed by atoms with E-state index in [2.05, 4.69) is 32.0 Å². The lowest BCUT2D eigenvalue weighted by Crippen LogP contribution is -2.39. The maximum absolute atomic E-state index is 9.37. The predicted molar refractivity (Wildman–Crippen MR) is 84.9 cm³/mol. The molecular formula is C20H25N. The molecule has 0 saturated heterocycles. The van der Waals surface area contributed by atoms with Crippen LogP contribution in [0.2, 0.25) is 0 Å². The van der Waals surface area contributed by atoms with Gasteiger partial charge in [-0.2, -0.15) is 5.26 Å². The van der Waals surface area contributed by atoms with E-state index in [1.165, 1.54) is 43.2 Å². The summed E-state index contributed by atoms with van der Waals surface area (Å²) in [4.78, 5) is 0. The van der Waals surface area contributed by atoms with E-state index in [1.54, 1.807) is 0 Å². The Balaban J connectivity index is 1.74. The molecule has 3 aliphatic rings. The number of rotatable bonds is 0. The van der Waals surface area contributed by atoms with Gasteiger partial charge in [0.2, 0.25) is 0 Å². The Labute approximate surface area is 128 Å². The van der Waals surface area contributed by atoms with E-state index in [9.17, 15) is 5.26 Å². The molecule has 1 heteroatoms. The molecule has 1 nitrogen and oxygen atoms in total. The number of hydrogen-bond acceptors (Lipinski definition) is 1. The molecule has 1 aromatic carbocycles. The highest BCUT2D eigenvalue weighted by Gasteiger charge is 2.52. The Morgan fingerprint density at radius 1 is 1.29 bits per heavy atom. The third kappa shape index (κ3) is 1.88. The molecule has 5 atom stereocenters. The van der Waals surface area contributed by atoms with Crippen LogP contribution in [0.15, 0.2) is 18.2 Å². The van der Waals surface area contributed by atoms with E-state index in [4.69, 9.17) is 0 Å². The molecule has 0 radical (unpaired) electrons. The second kappa shape index (κ2) is 4.60. The first-order valence-electron chi connectivity index (χ1n) is 8.64. The predicted octanol–water partition coefficient (Wildman–Crippen LogP) is 5.05. The first kappa shape index (κ1) is 13.4. The summed E-state index contributed by atoms with van der Waals surface area (Å²) < 4.78 is 0. The van der Waals surface area contributed by atoms with Gasteiger partial charge in [0.1, 0.15) is 0 Å². The zero-order valence-electron chi connectivity index (χ0n) is 13.2. The van der Waals surface area contributed by atoms with Crippen molar-refractivity contribution in [1.82, 2.24) is 0 Å². The maximum Gasteiger partial charge on any atom is 0.0994 e. The summed E-state index contributed by atoms with van der Waals surface area (Å²) in [5.74, 6) is 3.43. The number of benzene rings is 1. The Bertz CT molecular complexity index is 611. The highest BCUT2D eigenvalue weighted by Crippen LogP contribution is 2.62. The van der Waals surface area contributed by atoms with Gasteiger partial charge in [-0.3, -0.25) is 0 Å². The molecule has 3 unspecified atom stereocenters. The van der Waals surface area contributed by atoms with Crippen molar-refractivity contribution in [2.24, 2.45) is 23.2 Å². The van der Waals surface area contributed by atoms with Gasteiger partial charge in [0.05, 0.1) is 11.6 Å². The van der Waals surface area contributed by atoms with Crippen LogP contribution in [0.25, 0.3) is 0 Å². The Kier molecular flexibility index (Phi) is 2.93. The third-order valence-electron chi connectivity index (χ3n) is 6.89. The fourth-order valence-corrected chi connectivity index (χ4v) is 6.14. The lowest BCUT2D eigenvalue weighted by molar-refractivity contribution is 0.0598. The first-order valence-corrected chi connectivity index (χ1v) is 8.64. The summed E-state index contributed by atoms with van der Waals surface area (Å²) in [6, 6.07) is 8.83. The van der Waals surface area contributed by atoms with E-state index < -0.39 is 0 Å². The van der Waals surface area contributed by atoms with Crippen molar-refractivity contribution < 1.29 is 0 Å². The van der Waals surface area contributed by atoms with Gasteiger partial charge in [-0.25, -0.2) is 0 Å². The summed E-state index contributed by atoms with van der Waals surface area (Å²) in [6.45, 7) is 5.00. The average molecular weight is 279 g/mol. The summed E-state index contributed by atoms with van der Waals surface area (Å²) in [5, 5.41) is 9.37. The monoisotopic (exact) mass is 279 g/mol. The van der Waals surface area contributed by atoms with E-state index in [0.717, 1.165) is 35.7 Å². The maximum atomic E-state index is 9.37. The van der Waals surface area contributed by atoms with E-state index >= 15 is 0 Å². The van der Waals surface area contributed by atoms with Gasteiger partial charge >= 0.3 is 0 Å². The van der Waals surface area contributed by atoms with E-state index in [-0.39, 0.29) is 0 Å². The van der Waals surface area contributed by atoms with Crippen LogP contribution in [0, 0.1) is 34.5 Å². The largest absolute Gasteiger partial charge is 0.192 e. The SMILES string of the molecule is C[C@H]1CC2C3CCc4c(C#N)cccc4C3CC[C@]2(C)C1. The Morgan fingerprint density at radius 2 is 2.14 bits per heavy atom. The molecule has 3 aliphatic carbocycles. The molecule has 0 aromatic heterocycles. The molecule has 110 valence electrons. The molecule has 0 amide bonds. The quantitative estimate of drug-likeness (QED) is 0.652. The average Bonchev–Trinajstić information content (AvgIpc) is 2.80. The minimum atomic E-state index is 0.602. The highest BCUT2D eigenvalue weighted by molar-refractivity contribution is 5.46. The van der Waals surface area contributed by atoms with Crippen molar-refractivity contribution in [2.75, 3.05) is 0 Å². The number of nitriles is 1. The van der Waals surface area contributed by atoms with Crippen LogP contribution in [0.1, 0.15) is 68.6 Å². The van der Waals surface area contributed by atoms with E-state index in [0.29, 0.717) is 5.41 Å². The first-order chi connectivity index (χ1) is 10.1. The van der Waals surface area contributed by atoms with Crippen LogP contribution >= 0.6 is 0 Å². The van der Waals surface area contributed by atoms with Crippen LogP contribution in [0.3, 0.4) is 0 Å². The molecule has 4 rings (SSSR count). The van der Waals surface area contributed by atoms with Gasteiger partial charge in [-0.15, -0.1) is 0 Å². The van der Waals surface area contributed by atoms with Crippen molar-refractivity contribution in [3.8, 4) is 6.07 Å². The molecule has 0 spiro atoms. The Morgan fingerprint density at radius 3 is 2.95 bits per heavy atom. The van der Waals surface area contributed by atoms with Crippen molar-refractivity contribution in [1.29, 1.82) is 5.26 Å². The smallest absolute Gasteiger partial charge is 0.0994 e. The summed E-state index contributed by atoms with van der Waals surface area (Å²) >= 11 is 0. The second-order valence-electron chi connectivity index (χ2n) is 8.14. The zero-order valence-corrected chi connectivity index (χ0v) is 13.2. The van der Waals surface area contributed by atoms with Crippen LogP contribution < -0.4 is 0 Å². The minimum absolute atomic E-state index is 0.602. The molecule has 1 aromatic rings. The van der Waals surface area contributed by atoms with Gasteiger partial charge < -0.3 is 0 Å². The van der Waals surface area contributed by atoms with Gasteiger partial charge in [-0.1, -0.05) is 26.0 Å². The summed E-state index contributed by atoms with van der Waals surface area (Å²) in [6.07, 6.45) is 8.03. The topological polar surface area (TPSA) is 23.8 Å². The molecule has 2 fully saturated rings. The van der Waals surface area contributed by atoms with Crippen molar-refractivity contribution in [3.63, 3.8) is 0 Å². The molecule has 0 aliphatic heterocycles. The third-order valence-corrected chi connectivity index (χ3v) is 6.89. The lowest BCUT2D eigenvalue weighted by atomic mass is 9.55. The summed E-state index contributed by atoms with van der Waals surface area (Å²) in [7, 11) is 0. The molecule has 0 bridgehead atoms. The van der Waals surface area contributed by atoms with Crippen LogP contribution in [0.5, 0.6) is 0 Å². The summed E-state index contributed by atoms with van der Waals surface area (Å²) in [5.41, 5.74) is 4.42. The second-order valence-corrected chi connectivity index (χ2v) is 8.14. The molecular weight excluding hydrogens is 254 g/mol. The zero-order chi connectivity index (χ0) is 14.6. The van der Waals surface area contributed by atoms with Crippen LogP contribution in [-0.2, 0) is 6.42 Å². The van der Waals surface area contributed by atoms with Gasteiger partial charge in [0.25, 0.3) is 0 Å². The molecule has 2 saturated carbocycles. The standard InChI is InChI=1S/C20H25N/c1-13-10-19-18-7-6-15-14(12-21)4-3-5-16(15)17(18)8-9-20(19,2)11-13/h3-5,13,17-19H,6-11H2,1-2H3/t13-,17?,18?,19?,20+/m0/s1. The van der Waals surface area contributed by atoms with Gasteiger partial charge in [0.15, 0.2) is 0 Å². The van der Waals surface area contributed by atoms with Crippen LogP contribution in [-0.4, -0.2) is 0 Å². The van der Waals surface area contributed by atoms with Crippen molar-refractivity contribution >= 4 is 0 Å².